The third-order valence-electron chi connectivity index (χ3n) is 2.73. The van der Waals surface area contributed by atoms with Crippen LogP contribution in [0.4, 0.5) is 24.9 Å². The van der Waals surface area contributed by atoms with E-state index in [1.54, 1.807) is 0 Å². The highest BCUT2D eigenvalue weighted by atomic mass is 32.2. The summed E-state index contributed by atoms with van der Waals surface area (Å²) in [7, 11) is -3.14. The monoisotopic (exact) mass is 311 g/mol. The molecule has 0 bridgehead atoms. The average molecular weight is 311 g/mol. The van der Waals surface area contributed by atoms with Gasteiger partial charge in [-0.05, 0) is 6.42 Å². The van der Waals surface area contributed by atoms with Crippen molar-refractivity contribution in [2.75, 3.05) is 22.2 Å². The lowest BCUT2D eigenvalue weighted by Gasteiger charge is -2.14. The number of halogens is 3. The molecule has 1 aromatic rings. The standard InChI is InChI=1S/C9H12F3N5O2S/c10-9(11,12)6-3-7(16-8(15-6)17-13)14-5-1-2-20(18,19)4-5/h3,5H,1-2,4,13H2,(H2,14,15,16,17). The molecule has 1 atom stereocenters. The van der Waals surface area contributed by atoms with Gasteiger partial charge in [0.1, 0.15) is 5.82 Å². The number of sulfone groups is 1. The summed E-state index contributed by atoms with van der Waals surface area (Å²) in [6.45, 7) is 0. The largest absolute Gasteiger partial charge is 0.433 e. The van der Waals surface area contributed by atoms with Crippen LogP contribution in [0.5, 0.6) is 0 Å². The summed E-state index contributed by atoms with van der Waals surface area (Å²) in [5.41, 5.74) is 0.777. The van der Waals surface area contributed by atoms with E-state index >= 15 is 0 Å². The van der Waals surface area contributed by atoms with Crippen molar-refractivity contribution in [3.8, 4) is 0 Å². The van der Waals surface area contributed by atoms with E-state index < -0.39 is 33.7 Å². The van der Waals surface area contributed by atoms with Crippen molar-refractivity contribution in [3.63, 3.8) is 0 Å². The molecular weight excluding hydrogens is 299 g/mol. The van der Waals surface area contributed by atoms with Gasteiger partial charge in [0.15, 0.2) is 15.5 Å². The van der Waals surface area contributed by atoms with Gasteiger partial charge in [0.25, 0.3) is 0 Å². The number of nitrogens with two attached hydrogens (primary N) is 1. The Bertz CT molecular complexity index is 604. The molecule has 0 saturated carbocycles. The van der Waals surface area contributed by atoms with E-state index in [-0.39, 0.29) is 17.3 Å². The van der Waals surface area contributed by atoms with E-state index in [1.165, 1.54) is 0 Å². The van der Waals surface area contributed by atoms with Crippen molar-refractivity contribution in [1.29, 1.82) is 0 Å². The van der Waals surface area contributed by atoms with Crippen LogP contribution in [0.25, 0.3) is 0 Å². The molecular formula is C9H12F3N5O2S. The zero-order valence-electron chi connectivity index (χ0n) is 10.1. The lowest BCUT2D eigenvalue weighted by molar-refractivity contribution is -0.141. The molecule has 1 fully saturated rings. The van der Waals surface area contributed by atoms with Crippen LogP contribution in [0.3, 0.4) is 0 Å². The minimum Gasteiger partial charge on any atom is -0.366 e. The second-order valence-corrected chi connectivity index (χ2v) is 6.58. The molecule has 112 valence electrons. The maximum absolute atomic E-state index is 12.6. The molecule has 7 nitrogen and oxygen atoms in total. The average Bonchev–Trinajstić information content (AvgIpc) is 2.67. The van der Waals surface area contributed by atoms with Gasteiger partial charge in [-0.2, -0.15) is 18.2 Å². The first-order chi connectivity index (χ1) is 9.19. The Hall–Kier alpha value is -1.62. The van der Waals surface area contributed by atoms with E-state index in [0.717, 1.165) is 0 Å². The summed E-state index contributed by atoms with van der Waals surface area (Å²) in [5, 5.41) is 2.66. The molecule has 2 heterocycles. The minimum absolute atomic E-state index is 0.00384. The molecule has 1 saturated heterocycles. The molecule has 1 aliphatic rings. The van der Waals surface area contributed by atoms with Crippen LogP contribution in [-0.4, -0.2) is 35.9 Å². The molecule has 0 spiro atoms. The normalized spacial score (nSPS) is 21.7. The Morgan fingerprint density at radius 2 is 2.05 bits per heavy atom. The molecule has 4 N–H and O–H groups in total. The van der Waals surface area contributed by atoms with Gasteiger partial charge in [-0.25, -0.2) is 19.2 Å². The first-order valence-corrected chi connectivity index (χ1v) is 7.41. The second-order valence-electron chi connectivity index (χ2n) is 4.35. The van der Waals surface area contributed by atoms with Crippen LogP contribution in [0, 0.1) is 0 Å². The van der Waals surface area contributed by atoms with Crippen molar-refractivity contribution in [2.45, 2.75) is 18.6 Å². The smallest absolute Gasteiger partial charge is 0.366 e. The molecule has 20 heavy (non-hydrogen) atoms. The Morgan fingerprint density at radius 3 is 2.55 bits per heavy atom. The first-order valence-electron chi connectivity index (χ1n) is 5.59. The van der Waals surface area contributed by atoms with E-state index in [9.17, 15) is 21.6 Å². The number of hydrogen-bond acceptors (Lipinski definition) is 7. The third-order valence-corrected chi connectivity index (χ3v) is 4.50. The highest BCUT2D eigenvalue weighted by Gasteiger charge is 2.34. The Balaban J connectivity index is 2.23. The maximum atomic E-state index is 12.6. The number of alkyl halides is 3. The Kier molecular flexibility index (Phi) is 3.73. The molecule has 0 radical (unpaired) electrons. The topological polar surface area (TPSA) is 110 Å². The van der Waals surface area contributed by atoms with Crippen molar-refractivity contribution < 1.29 is 21.6 Å². The van der Waals surface area contributed by atoms with E-state index in [2.05, 4.69) is 15.3 Å². The highest BCUT2D eigenvalue weighted by Crippen LogP contribution is 2.30. The molecule has 11 heteroatoms. The summed E-state index contributed by atoms with van der Waals surface area (Å²) >= 11 is 0. The Morgan fingerprint density at radius 1 is 1.35 bits per heavy atom. The van der Waals surface area contributed by atoms with Crippen LogP contribution in [-0.2, 0) is 16.0 Å². The van der Waals surface area contributed by atoms with E-state index in [4.69, 9.17) is 5.84 Å². The molecule has 1 aliphatic heterocycles. The van der Waals surface area contributed by atoms with Gasteiger partial charge in [-0.15, -0.1) is 0 Å². The van der Waals surface area contributed by atoms with Crippen LogP contribution < -0.4 is 16.6 Å². The van der Waals surface area contributed by atoms with Gasteiger partial charge in [0.2, 0.25) is 5.95 Å². The number of hydrazine groups is 1. The molecule has 1 unspecified atom stereocenters. The van der Waals surface area contributed by atoms with Crippen molar-refractivity contribution >= 4 is 21.6 Å². The number of nitrogens with zero attached hydrogens (tertiary/aromatic N) is 2. The van der Waals surface area contributed by atoms with Crippen LogP contribution in [0.1, 0.15) is 12.1 Å². The fourth-order valence-corrected chi connectivity index (χ4v) is 3.52. The number of hydrogen-bond donors (Lipinski definition) is 3. The van der Waals surface area contributed by atoms with Crippen molar-refractivity contribution in [1.82, 2.24) is 9.97 Å². The third kappa shape index (κ3) is 3.48. The molecule has 0 aromatic carbocycles. The molecule has 0 amide bonds. The maximum Gasteiger partial charge on any atom is 0.433 e. The summed E-state index contributed by atoms with van der Waals surface area (Å²) in [6.07, 6.45) is -4.33. The number of aromatic nitrogens is 2. The zero-order chi connectivity index (χ0) is 15.0. The molecule has 2 rings (SSSR count). The predicted molar refractivity (Wildman–Crippen MR) is 65.5 cm³/mol. The Labute approximate surface area is 112 Å². The van der Waals surface area contributed by atoms with Gasteiger partial charge in [0, 0.05) is 12.1 Å². The van der Waals surface area contributed by atoms with Crippen LogP contribution >= 0.6 is 0 Å². The van der Waals surface area contributed by atoms with E-state index in [1.807, 2.05) is 5.43 Å². The van der Waals surface area contributed by atoms with Gasteiger partial charge in [0.05, 0.1) is 11.5 Å². The number of nitrogen functional groups attached to an aromatic ring is 1. The number of anilines is 2. The first kappa shape index (κ1) is 14.8. The quantitative estimate of drug-likeness (QED) is 0.547. The van der Waals surface area contributed by atoms with E-state index in [0.29, 0.717) is 12.5 Å². The molecule has 1 aromatic heterocycles. The fourth-order valence-electron chi connectivity index (χ4n) is 1.85. The van der Waals surface area contributed by atoms with Crippen molar-refractivity contribution in [3.05, 3.63) is 11.8 Å². The summed E-state index contributed by atoms with van der Waals surface area (Å²) in [6, 6.07) is 0.243. The number of rotatable bonds is 3. The summed E-state index contributed by atoms with van der Waals surface area (Å²) in [4.78, 5) is 6.92. The van der Waals surface area contributed by atoms with Crippen LogP contribution in [0.15, 0.2) is 6.07 Å². The lowest BCUT2D eigenvalue weighted by Crippen LogP contribution is -2.23. The minimum atomic E-state index is -4.65. The number of nitrogens with one attached hydrogen (secondary N) is 2. The fraction of sp³-hybridized carbons (Fsp3) is 0.556. The lowest BCUT2D eigenvalue weighted by atomic mass is 10.2. The zero-order valence-corrected chi connectivity index (χ0v) is 10.9. The molecule has 0 aliphatic carbocycles. The van der Waals surface area contributed by atoms with Crippen molar-refractivity contribution in [2.24, 2.45) is 5.84 Å². The van der Waals surface area contributed by atoms with Gasteiger partial charge in [-0.3, -0.25) is 5.43 Å². The van der Waals surface area contributed by atoms with Gasteiger partial charge in [-0.1, -0.05) is 0 Å². The second kappa shape index (κ2) is 5.05. The summed E-state index contributed by atoms with van der Waals surface area (Å²) < 4.78 is 60.5. The highest BCUT2D eigenvalue weighted by molar-refractivity contribution is 7.91. The van der Waals surface area contributed by atoms with Gasteiger partial charge >= 0.3 is 6.18 Å². The van der Waals surface area contributed by atoms with Crippen LogP contribution in [0.2, 0.25) is 0 Å². The van der Waals surface area contributed by atoms with Gasteiger partial charge < -0.3 is 5.32 Å². The SMILES string of the molecule is NNc1nc(NC2CCS(=O)(=O)C2)cc(C(F)(F)F)n1. The summed E-state index contributed by atoms with van der Waals surface area (Å²) in [5.74, 6) is 4.36. The predicted octanol–water partition coefficient (Wildman–Crippen LogP) is 0.380.